The Balaban J connectivity index is 5.24. The fourth-order valence-corrected chi connectivity index (χ4v) is 14.2. The minimum atomic E-state index is -4.97. The van der Waals surface area contributed by atoms with E-state index in [2.05, 4.69) is 72.8 Å². The lowest BCUT2D eigenvalue weighted by Crippen LogP contribution is -2.30. The van der Waals surface area contributed by atoms with Crippen molar-refractivity contribution in [2.24, 2.45) is 17.8 Å². The Morgan fingerprint density at radius 2 is 0.567 bits per heavy atom. The highest BCUT2D eigenvalue weighted by Gasteiger charge is 2.30. The van der Waals surface area contributed by atoms with Gasteiger partial charge in [-0.1, -0.05) is 368 Å². The lowest BCUT2D eigenvalue weighted by molar-refractivity contribution is -0.161. The van der Waals surface area contributed by atoms with Crippen LogP contribution in [0.1, 0.15) is 421 Å². The molecule has 614 valence electrons. The fraction of sp³-hybridized carbons (Fsp3) is 0.906. The lowest BCUT2D eigenvalue weighted by atomic mass is 9.99. The maximum atomic E-state index is 13.1. The molecular weight excluding hydrogens is 1350 g/mol. The van der Waals surface area contributed by atoms with E-state index in [1.807, 2.05) is 0 Å². The summed E-state index contributed by atoms with van der Waals surface area (Å²) in [6, 6.07) is 0. The minimum Gasteiger partial charge on any atom is -0.462 e. The van der Waals surface area contributed by atoms with Crippen LogP contribution < -0.4 is 0 Å². The van der Waals surface area contributed by atoms with Gasteiger partial charge in [0.2, 0.25) is 0 Å². The Bertz CT molecular complexity index is 2110. The number of esters is 4. The van der Waals surface area contributed by atoms with E-state index in [1.165, 1.54) is 212 Å². The molecule has 104 heavy (non-hydrogen) atoms. The number of phosphoric ester groups is 2. The van der Waals surface area contributed by atoms with Crippen molar-refractivity contribution in [3.8, 4) is 0 Å². The lowest BCUT2D eigenvalue weighted by Gasteiger charge is -2.21. The number of phosphoric acid groups is 2. The van der Waals surface area contributed by atoms with Gasteiger partial charge in [-0.15, -0.1) is 0 Å². The van der Waals surface area contributed by atoms with E-state index in [-0.39, 0.29) is 25.7 Å². The smallest absolute Gasteiger partial charge is 0.462 e. The van der Waals surface area contributed by atoms with Gasteiger partial charge in [-0.25, -0.2) is 9.13 Å². The van der Waals surface area contributed by atoms with Crippen molar-refractivity contribution in [1.29, 1.82) is 0 Å². The predicted molar refractivity (Wildman–Crippen MR) is 427 cm³/mol. The van der Waals surface area contributed by atoms with Crippen LogP contribution in [0.5, 0.6) is 0 Å². The summed E-state index contributed by atoms with van der Waals surface area (Å²) in [7, 11) is -9.94. The van der Waals surface area contributed by atoms with Crippen LogP contribution in [0.2, 0.25) is 0 Å². The Kier molecular flexibility index (Phi) is 72.9. The third-order valence-corrected chi connectivity index (χ3v) is 21.5. The number of carbonyl (C=O) groups excluding carboxylic acids is 4. The van der Waals surface area contributed by atoms with Crippen LogP contribution in [0.3, 0.4) is 0 Å². The number of rotatable bonds is 81. The molecule has 0 aliphatic heterocycles. The first-order valence-electron chi connectivity index (χ1n) is 43.2. The molecule has 0 fully saturated rings. The average molecular weight is 1520 g/mol. The van der Waals surface area contributed by atoms with Crippen LogP contribution >= 0.6 is 15.6 Å². The van der Waals surface area contributed by atoms with Gasteiger partial charge in [0.05, 0.1) is 26.4 Å². The van der Waals surface area contributed by atoms with Crippen LogP contribution in [-0.2, 0) is 65.4 Å². The highest BCUT2D eigenvalue weighted by Crippen LogP contribution is 2.45. The SMILES string of the molecule is CCCCCC/C=C\C=C/CCCCCCCC(=O)O[C@H](COC(=O)CCCCCCCCCCCCCCCCCCCCC(C)C)COP(=O)(O)OCC(O)COP(=O)(O)OC[C@@H](COC(=O)CCCCCCCCCC(C)C)OC(=O)CCCCCCCCCCCCCCCCC(C)CC. The van der Waals surface area contributed by atoms with E-state index in [0.29, 0.717) is 31.6 Å². The van der Waals surface area contributed by atoms with Gasteiger partial charge in [0, 0.05) is 25.7 Å². The molecule has 0 aromatic rings. The van der Waals surface area contributed by atoms with E-state index in [9.17, 15) is 43.2 Å². The second-order valence-electron chi connectivity index (χ2n) is 31.1. The van der Waals surface area contributed by atoms with Crippen molar-refractivity contribution >= 4 is 39.5 Å². The molecule has 4 unspecified atom stereocenters. The van der Waals surface area contributed by atoms with Gasteiger partial charge in [-0.05, 0) is 69.1 Å². The van der Waals surface area contributed by atoms with Gasteiger partial charge < -0.3 is 33.8 Å². The summed E-state index contributed by atoms with van der Waals surface area (Å²) in [5.41, 5.74) is 0. The summed E-state index contributed by atoms with van der Waals surface area (Å²) in [5.74, 6) is 0.231. The fourth-order valence-electron chi connectivity index (χ4n) is 12.6. The van der Waals surface area contributed by atoms with Gasteiger partial charge in [0.25, 0.3) is 0 Å². The summed E-state index contributed by atoms with van der Waals surface area (Å²) in [6.45, 7) is 11.9. The maximum absolute atomic E-state index is 13.1. The summed E-state index contributed by atoms with van der Waals surface area (Å²) < 4.78 is 68.8. The van der Waals surface area contributed by atoms with Gasteiger partial charge in [0.1, 0.15) is 19.3 Å². The topological polar surface area (TPSA) is 237 Å². The van der Waals surface area contributed by atoms with Gasteiger partial charge in [0.15, 0.2) is 12.2 Å². The molecule has 0 aromatic carbocycles. The Morgan fingerprint density at radius 3 is 0.856 bits per heavy atom. The molecule has 17 nitrogen and oxygen atoms in total. The zero-order valence-electron chi connectivity index (χ0n) is 68.0. The van der Waals surface area contributed by atoms with Gasteiger partial charge >= 0.3 is 39.5 Å². The summed E-state index contributed by atoms with van der Waals surface area (Å²) in [6.07, 6.45) is 67.5. The highest BCUT2D eigenvalue weighted by atomic mass is 31.2. The number of allylic oxidation sites excluding steroid dienone is 4. The van der Waals surface area contributed by atoms with Crippen LogP contribution in [-0.4, -0.2) is 96.7 Å². The molecule has 0 amide bonds. The molecule has 0 bridgehead atoms. The second kappa shape index (κ2) is 74.6. The Labute approximate surface area is 637 Å². The summed E-state index contributed by atoms with van der Waals surface area (Å²) in [5, 5.41) is 10.7. The van der Waals surface area contributed by atoms with Crippen molar-refractivity contribution in [1.82, 2.24) is 0 Å². The standard InChI is InChI=1S/C85H162O17P2/c1-8-10-11-12-13-14-15-16-21-29-34-39-46-54-61-68-84(89)101-80(72-95-82(87)66-59-52-45-38-33-28-23-20-18-17-19-22-26-31-36-42-49-56-63-76(3)4)74-99-103(91,92)97-70-79(86)71-98-104(93,94)100-75-81(73-96-83(88)67-60-53-48-41-43-50-57-64-77(5)6)102-85(90)69-62-55-47-40-35-30-25-24-27-32-37-44-51-58-65-78(7)9-2/h14-16,21,76-81,86H,8-13,17-20,22-75H2,1-7H3,(H,91,92)(H,93,94)/b15-14-,21-16-/t78?,79?,80-,81-/m1/s1. The van der Waals surface area contributed by atoms with E-state index in [0.717, 1.165) is 121 Å². The van der Waals surface area contributed by atoms with Crippen molar-refractivity contribution in [3.05, 3.63) is 24.3 Å². The molecule has 0 saturated carbocycles. The third-order valence-electron chi connectivity index (χ3n) is 19.6. The first kappa shape index (κ1) is 102. The zero-order valence-corrected chi connectivity index (χ0v) is 69.8. The number of aliphatic hydroxyl groups is 1. The number of ether oxygens (including phenoxy) is 4. The summed E-state index contributed by atoms with van der Waals surface area (Å²) >= 11 is 0. The van der Waals surface area contributed by atoms with E-state index < -0.39 is 97.5 Å². The number of unbranched alkanes of at least 4 members (excludes halogenated alkanes) is 45. The van der Waals surface area contributed by atoms with Crippen molar-refractivity contribution < 1.29 is 80.2 Å². The molecule has 0 aliphatic rings. The third kappa shape index (κ3) is 76.3. The quantitative estimate of drug-likeness (QED) is 0.0169. The van der Waals surface area contributed by atoms with Crippen molar-refractivity contribution in [3.63, 3.8) is 0 Å². The molecule has 0 rings (SSSR count). The number of hydrogen-bond donors (Lipinski definition) is 3. The number of aliphatic hydroxyl groups excluding tert-OH is 1. The maximum Gasteiger partial charge on any atom is 0.472 e. The molecule has 0 aromatic heterocycles. The first-order chi connectivity index (χ1) is 50.3. The molecule has 0 aliphatic carbocycles. The minimum absolute atomic E-state index is 0.0854. The van der Waals surface area contributed by atoms with Crippen LogP contribution in [0, 0.1) is 17.8 Å². The monoisotopic (exact) mass is 1520 g/mol. The molecular formula is C85H162O17P2. The molecule has 0 heterocycles. The average Bonchev–Trinajstić information content (AvgIpc) is 0.907. The van der Waals surface area contributed by atoms with E-state index in [1.54, 1.807) is 0 Å². The van der Waals surface area contributed by atoms with Crippen molar-refractivity contribution in [2.45, 2.75) is 439 Å². The molecule has 0 spiro atoms. The number of hydrogen-bond acceptors (Lipinski definition) is 15. The van der Waals surface area contributed by atoms with Crippen LogP contribution in [0.15, 0.2) is 24.3 Å². The Hall–Kier alpha value is -2.46. The van der Waals surface area contributed by atoms with E-state index >= 15 is 0 Å². The van der Waals surface area contributed by atoms with Gasteiger partial charge in [-0.2, -0.15) is 0 Å². The molecule has 6 atom stereocenters. The molecule has 0 saturated heterocycles. The molecule has 19 heteroatoms. The van der Waals surface area contributed by atoms with Gasteiger partial charge in [-0.3, -0.25) is 37.3 Å². The highest BCUT2D eigenvalue weighted by molar-refractivity contribution is 7.47. The normalized spacial score (nSPS) is 14.3. The first-order valence-corrected chi connectivity index (χ1v) is 46.2. The van der Waals surface area contributed by atoms with Crippen molar-refractivity contribution in [2.75, 3.05) is 39.6 Å². The predicted octanol–water partition coefficient (Wildman–Crippen LogP) is 25.3. The van der Waals surface area contributed by atoms with Crippen LogP contribution in [0.4, 0.5) is 0 Å². The second-order valence-corrected chi connectivity index (χ2v) is 34.0. The van der Waals surface area contributed by atoms with E-state index in [4.69, 9.17) is 37.0 Å². The molecule has 0 radical (unpaired) electrons. The molecule has 3 N–H and O–H groups in total. The number of carbonyl (C=O) groups is 4. The van der Waals surface area contributed by atoms with Crippen LogP contribution in [0.25, 0.3) is 0 Å². The Morgan fingerprint density at radius 1 is 0.317 bits per heavy atom. The largest absolute Gasteiger partial charge is 0.472 e. The summed E-state index contributed by atoms with van der Waals surface area (Å²) in [4.78, 5) is 73.1. The zero-order chi connectivity index (χ0) is 76.5.